The molecular formula is C70H48N2O3. The molecule has 15 rings (SSSR count). The first-order chi connectivity index (χ1) is 37.1. The van der Waals surface area contributed by atoms with Gasteiger partial charge in [0, 0.05) is 65.0 Å². The lowest BCUT2D eigenvalue weighted by Crippen LogP contribution is -2.13. The zero-order valence-electron chi connectivity index (χ0n) is 41.5. The van der Waals surface area contributed by atoms with Gasteiger partial charge in [0.05, 0.1) is 34.1 Å². The van der Waals surface area contributed by atoms with Gasteiger partial charge in [-0.25, -0.2) is 0 Å². The van der Waals surface area contributed by atoms with E-state index in [1.165, 1.54) is 11.1 Å². The highest BCUT2D eigenvalue weighted by molar-refractivity contribution is 6.26. The molecule has 0 fully saturated rings. The molecule has 0 bridgehead atoms. The molecule has 0 radical (unpaired) electrons. The summed E-state index contributed by atoms with van der Waals surface area (Å²) in [5, 5.41) is 10.5. The van der Waals surface area contributed by atoms with Gasteiger partial charge in [-0.15, -0.1) is 0 Å². The van der Waals surface area contributed by atoms with E-state index in [4.69, 9.17) is 13.3 Å². The van der Waals surface area contributed by atoms with Crippen molar-refractivity contribution in [3.63, 3.8) is 0 Å². The number of hydrogen-bond acceptors (Lipinski definition) is 5. The van der Waals surface area contributed by atoms with Gasteiger partial charge in [0.25, 0.3) is 0 Å². The minimum absolute atomic E-state index is 0.826. The van der Waals surface area contributed by atoms with Crippen LogP contribution in [0.5, 0.6) is 0 Å². The predicted molar refractivity (Wildman–Crippen MR) is 314 cm³/mol. The van der Waals surface area contributed by atoms with Crippen molar-refractivity contribution in [2.24, 2.45) is 0 Å². The third kappa shape index (κ3) is 6.64. The van der Waals surface area contributed by atoms with Crippen molar-refractivity contribution in [2.45, 2.75) is 26.7 Å². The summed E-state index contributed by atoms with van der Waals surface area (Å²) in [6, 6.07) is 76.4. The van der Waals surface area contributed by atoms with Crippen LogP contribution < -0.4 is 9.80 Å². The SMILES string of the molecule is Cc1cccc2c1oc1c(N(c3ccccc3C3=CC=CCC3)c3cc4c5cc(N(c6ccccc6-c6ccccc6)c6cccc7c6oc6c(C)cccc67)c6ccccc6c5oc4c4ccccc34)cccc12. The molecule has 356 valence electrons. The van der Waals surface area contributed by atoms with E-state index in [-0.39, 0.29) is 0 Å². The van der Waals surface area contributed by atoms with Crippen molar-refractivity contribution in [1.29, 1.82) is 0 Å². The maximum absolute atomic E-state index is 7.34. The fraction of sp³-hybridized carbons (Fsp3) is 0.0571. The van der Waals surface area contributed by atoms with E-state index in [0.717, 1.165) is 157 Å². The van der Waals surface area contributed by atoms with Crippen LogP contribution in [0.2, 0.25) is 0 Å². The van der Waals surface area contributed by atoms with Crippen LogP contribution in [0.1, 0.15) is 29.5 Å². The Morgan fingerprint density at radius 2 is 0.720 bits per heavy atom. The zero-order chi connectivity index (χ0) is 49.7. The van der Waals surface area contributed by atoms with Gasteiger partial charge in [-0.2, -0.15) is 0 Å². The number of benzene rings is 11. The quantitative estimate of drug-likeness (QED) is 0.152. The Morgan fingerprint density at radius 3 is 1.25 bits per heavy atom. The highest BCUT2D eigenvalue weighted by atomic mass is 16.3. The average molecular weight is 965 g/mol. The third-order valence-electron chi connectivity index (χ3n) is 15.5. The molecule has 11 aromatic carbocycles. The Morgan fingerprint density at radius 1 is 0.320 bits per heavy atom. The molecule has 5 nitrogen and oxygen atoms in total. The second-order valence-corrected chi connectivity index (χ2v) is 19.9. The fourth-order valence-corrected chi connectivity index (χ4v) is 12.1. The second kappa shape index (κ2) is 17.0. The number of fused-ring (bicyclic) bond motifs is 13. The van der Waals surface area contributed by atoms with Crippen molar-refractivity contribution in [2.75, 3.05) is 9.80 Å². The molecule has 0 unspecified atom stereocenters. The number of furan rings is 3. The number of para-hydroxylation sites is 6. The summed E-state index contributed by atoms with van der Waals surface area (Å²) in [6.45, 7) is 4.25. The van der Waals surface area contributed by atoms with Crippen LogP contribution in [0.15, 0.2) is 244 Å². The summed E-state index contributed by atoms with van der Waals surface area (Å²) in [5.74, 6) is 0. The largest absolute Gasteiger partial charge is 0.455 e. The molecule has 0 atom stereocenters. The molecule has 75 heavy (non-hydrogen) atoms. The fourth-order valence-electron chi connectivity index (χ4n) is 12.1. The Balaban J connectivity index is 1.06. The van der Waals surface area contributed by atoms with E-state index in [2.05, 4.69) is 254 Å². The minimum atomic E-state index is 0.826. The summed E-state index contributed by atoms with van der Waals surface area (Å²) in [6.07, 6.45) is 8.66. The van der Waals surface area contributed by atoms with Crippen LogP contribution in [0.3, 0.4) is 0 Å². The van der Waals surface area contributed by atoms with Gasteiger partial charge in [-0.1, -0.05) is 194 Å². The minimum Gasteiger partial charge on any atom is -0.455 e. The van der Waals surface area contributed by atoms with E-state index in [1.54, 1.807) is 0 Å². The number of allylic oxidation sites excluding steroid dienone is 4. The molecule has 0 N–H and O–H groups in total. The predicted octanol–water partition coefficient (Wildman–Crippen LogP) is 20.6. The summed E-state index contributed by atoms with van der Waals surface area (Å²) in [5.41, 5.74) is 18.1. The van der Waals surface area contributed by atoms with Gasteiger partial charge >= 0.3 is 0 Å². The normalized spacial score (nSPS) is 12.9. The van der Waals surface area contributed by atoms with Crippen molar-refractivity contribution >= 4 is 127 Å². The lowest BCUT2D eigenvalue weighted by Gasteiger charge is -2.30. The van der Waals surface area contributed by atoms with Crippen molar-refractivity contribution in [3.8, 4) is 11.1 Å². The first-order valence-corrected chi connectivity index (χ1v) is 25.9. The van der Waals surface area contributed by atoms with E-state index in [9.17, 15) is 0 Å². The van der Waals surface area contributed by atoms with Crippen molar-refractivity contribution in [3.05, 3.63) is 247 Å². The highest BCUT2D eigenvalue weighted by Crippen LogP contribution is 2.53. The molecule has 0 aliphatic heterocycles. The molecule has 3 heterocycles. The summed E-state index contributed by atoms with van der Waals surface area (Å²) >= 11 is 0. The maximum atomic E-state index is 7.34. The van der Waals surface area contributed by atoms with Gasteiger partial charge in [-0.05, 0) is 85.4 Å². The molecule has 5 heteroatoms. The molecule has 14 aromatic rings. The maximum Gasteiger partial charge on any atom is 0.159 e. The number of rotatable bonds is 8. The summed E-state index contributed by atoms with van der Waals surface area (Å²) < 4.78 is 21.4. The van der Waals surface area contributed by atoms with E-state index in [0.29, 0.717) is 0 Å². The van der Waals surface area contributed by atoms with Gasteiger partial charge in [-0.3, -0.25) is 0 Å². The number of aryl methyl sites for hydroxylation is 2. The lowest BCUT2D eigenvalue weighted by molar-refractivity contribution is 0.665. The lowest BCUT2D eigenvalue weighted by atomic mass is 9.94. The topological polar surface area (TPSA) is 45.9 Å². The van der Waals surface area contributed by atoms with Crippen molar-refractivity contribution in [1.82, 2.24) is 0 Å². The van der Waals surface area contributed by atoms with Gasteiger partial charge < -0.3 is 23.1 Å². The molecule has 0 saturated carbocycles. The number of hydrogen-bond donors (Lipinski definition) is 0. The van der Waals surface area contributed by atoms with Crippen LogP contribution in [0, 0.1) is 13.8 Å². The average Bonchev–Trinajstić information content (AvgIpc) is 4.20. The Hall–Kier alpha value is -9.58. The summed E-state index contributed by atoms with van der Waals surface area (Å²) in [4.78, 5) is 4.87. The van der Waals surface area contributed by atoms with Gasteiger partial charge in [0.2, 0.25) is 0 Å². The van der Waals surface area contributed by atoms with Crippen molar-refractivity contribution < 1.29 is 13.3 Å². The molecular weight excluding hydrogens is 917 g/mol. The van der Waals surface area contributed by atoms with Crippen LogP contribution in [-0.2, 0) is 0 Å². The molecule has 0 amide bonds. The van der Waals surface area contributed by atoms with Crippen LogP contribution in [-0.4, -0.2) is 0 Å². The summed E-state index contributed by atoms with van der Waals surface area (Å²) in [7, 11) is 0. The second-order valence-electron chi connectivity index (χ2n) is 19.9. The van der Waals surface area contributed by atoms with Gasteiger partial charge in [0.1, 0.15) is 22.3 Å². The molecule has 1 aliphatic carbocycles. The Kier molecular flexibility index (Phi) is 9.76. The molecule has 0 spiro atoms. The van der Waals surface area contributed by atoms with Crippen LogP contribution in [0.4, 0.5) is 34.1 Å². The number of anilines is 6. The smallest absolute Gasteiger partial charge is 0.159 e. The molecule has 3 aromatic heterocycles. The molecule has 0 saturated heterocycles. The third-order valence-corrected chi connectivity index (χ3v) is 15.5. The first-order valence-electron chi connectivity index (χ1n) is 25.9. The Labute approximate surface area is 433 Å². The zero-order valence-corrected chi connectivity index (χ0v) is 41.5. The van der Waals surface area contributed by atoms with E-state index < -0.39 is 0 Å². The number of nitrogens with zero attached hydrogens (tertiary/aromatic N) is 2. The highest BCUT2D eigenvalue weighted by Gasteiger charge is 2.29. The van der Waals surface area contributed by atoms with Crippen LogP contribution >= 0.6 is 0 Å². The van der Waals surface area contributed by atoms with Crippen LogP contribution in [0.25, 0.3) is 104 Å². The van der Waals surface area contributed by atoms with Gasteiger partial charge in [0.15, 0.2) is 11.2 Å². The first kappa shape index (κ1) is 43.0. The molecule has 1 aliphatic rings. The Bertz CT molecular complexity index is 4700. The van der Waals surface area contributed by atoms with E-state index in [1.807, 2.05) is 0 Å². The monoisotopic (exact) mass is 964 g/mol. The van der Waals surface area contributed by atoms with E-state index >= 15 is 0 Å². The standard InChI is InChI=1S/C70H48N2O3/c1-43-21-17-33-53-55-35-19-39-61(69(55)73-65(43)53)71(59-37-15-13-27-47(59)45-23-5-3-6-24-45)63-41-57-58-42-64(50-30-10-12-32-52(50)68(58)75-67(57)51-31-11-9-29-49(51)63)72(60-38-16-14-28-48(60)46-25-7-4-8-26-46)62-40-20-36-56-54-34-18-22-44(2)66(54)74-70(56)62/h3-7,9-25,27-42H,8,26H2,1-2H3.